The SMILES string of the molecule is CN(C(=O)c1cc(F)c(F)cc1[N+](=O)[O-])[C@@H]1CNC[C@H]1O. The van der Waals surface area contributed by atoms with Crippen molar-refractivity contribution >= 4 is 11.6 Å². The number of nitrogens with zero attached hydrogens (tertiary/aromatic N) is 2. The lowest BCUT2D eigenvalue weighted by atomic mass is 10.1. The third kappa shape index (κ3) is 2.83. The number of β-amino-alcohol motifs (C(OH)–C–C–N with tert-alkyl or cyclic N) is 1. The van der Waals surface area contributed by atoms with E-state index >= 15 is 0 Å². The van der Waals surface area contributed by atoms with E-state index < -0.39 is 45.9 Å². The summed E-state index contributed by atoms with van der Waals surface area (Å²) in [5, 5.41) is 23.4. The van der Waals surface area contributed by atoms with Gasteiger partial charge in [-0.3, -0.25) is 14.9 Å². The van der Waals surface area contributed by atoms with Crippen molar-refractivity contribution in [1.29, 1.82) is 0 Å². The Balaban J connectivity index is 2.38. The van der Waals surface area contributed by atoms with Crippen molar-refractivity contribution in [3.8, 4) is 0 Å². The highest BCUT2D eigenvalue weighted by atomic mass is 19.2. The molecule has 0 bridgehead atoms. The summed E-state index contributed by atoms with van der Waals surface area (Å²) in [5.41, 5.74) is -1.37. The lowest BCUT2D eigenvalue weighted by Gasteiger charge is -2.26. The number of likely N-dealkylation sites (N-methyl/N-ethyl adjacent to an activating group) is 1. The number of rotatable bonds is 3. The third-order valence-corrected chi connectivity index (χ3v) is 3.43. The fourth-order valence-electron chi connectivity index (χ4n) is 2.25. The number of halogens is 2. The monoisotopic (exact) mass is 301 g/mol. The number of hydrogen-bond donors (Lipinski definition) is 2. The van der Waals surface area contributed by atoms with Crippen LogP contribution in [0.5, 0.6) is 0 Å². The number of amides is 1. The van der Waals surface area contributed by atoms with Gasteiger partial charge in [-0.15, -0.1) is 0 Å². The lowest BCUT2D eigenvalue weighted by molar-refractivity contribution is -0.385. The Morgan fingerprint density at radius 1 is 1.43 bits per heavy atom. The van der Waals surface area contributed by atoms with Crippen LogP contribution >= 0.6 is 0 Å². The first-order valence-electron chi connectivity index (χ1n) is 6.12. The molecule has 114 valence electrons. The highest BCUT2D eigenvalue weighted by Crippen LogP contribution is 2.24. The van der Waals surface area contributed by atoms with Gasteiger partial charge in [0.25, 0.3) is 11.6 Å². The number of aliphatic hydroxyl groups is 1. The highest BCUT2D eigenvalue weighted by molar-refractivity contribution is 5.98. The van der Waals surface area contributed by atoms with Crippen LogP contribution in [-0.4, -0.2) is 53.1 Å². The summed E-state index contributed by atoms with van der Waals surface area (Å²) in [5.74, 6) is -3.60. The van der Waals surface area contributed by atoms with Crippen LogP contribution in [0.3, 0.4) is 0 Å². The first-order valence-corrected chi connectivity index (χ1v) is 6.12. The molecular formula is C12H13F2N3O4. The topological polar surface area (TPSA) is 95.7 Å². The minimum absolute atomic E-state index is 0.280. The van der Waals surface area contributed by atoms with Crippen LogP contribution in [0.4, 0.5) is 14.5 Å². The molecule has 1 aliphatic heterocycles. The van der Waals surface area contributed by atoms with E-state index in [1.165, 1.54) is 7.05 Å². The Hall–Kier alpha value is -2.13. The first kappa shape index (κ1) is 15.3. The summed E-state index contributed by atoms with van der Waals surface area (Å²) >= 11 is 0. The molecule has 1 saturated heterocycles. The second kappa shape index (κ2) is 5.70. The normalized spacial score (nSPS) is 21.3. The average Bonchev–Trinajstić information content (AvgIpc) is 2.85. The molecule has 0 aliphatic carbocycles. The van der Waals surface area contributed by atoms with Crippen LogP contribution in [0, 0.1) is 21.7 Å². The summed E-state index contributed by atoms with van der Waals surface area (Å²) in [6.45, 7) is 0.586. The molecule has 0 saturated carbocycles. The molecule has 2 rings (SSSR count). The van der Waals surface area contributed by atoms with Crippen LogP contribution in [0.15, 0.2) is 12.1 Å². The maximum Gasteiger partial charge on any atom is 0.285 e. The quantitative estimate of drug-likeness (QED) is 0.617. The minimum Gasteiger partial charge on any atom is -0.390 e. The van der Waals surface area contributed by atoms with Crippen molar-refractivity contribution < 1.29 is 23.6 Å². The highest BCUT2D eigenvalue weighted by Gasteiger charge is 2.34. The number of benzene rings is 1. The van der Waals surface area contributed by atoms with Gasteiger partial charge in [-0.2, -0.15) is 0 Å². The molecule has 2 atom stereocenters. The van der Waals surface area contributed by atoms with Crippen molar-refractivity contribution in [1.82, 2.24) is 10.2 Å². The van der Waals surface area contributed by atoms with E-state index in [2.05, 4.69) is 5.32 Å². The molecule has 7 nitrogen and oxygen atoms in total. The van der Waals surface area contributed by atoms with Gasteiger partial charge in [0.2, 0.25) is 0 Å². The maximum atomic E-state index is 13.3. The van der Waals surface area contributed by atoms with Gasteiger partial charge in [-0.05, 0) is 6.07 Å². The van der Waals surface area contributed by atoms with Gasteiger partial charge >= 0.3 is 0 Å². The molecule has 0 unspecified atom stereocenters. The predicted molar refractivity (Wildman–Crippen MR) is 67.8 cm³/mol. The number of carbonyl (C=O) groups excluding carboxylic acids is 1. The Kier molecular flexibility index (Phi) is 4.14. The van der Waals surface area contributed by atoms with Gasteiger partial charge in [0.15, 0.2) is 11.6 Å². The number of nitro groups is 1. The molecule has 0 spiro atoms. The van der Waals surface area contributed by atoms with E-state index in [9.17, 15) is 28.8 Å². The van der Waals surface area contributed by atoms with Crippen molar-refractivity contribution in [2.45, 2.75) is 12.1 Å². The summed E-state index contributed by atoms with van der Waals surface area (Å²) in [4.78, 5) is 23.3. The second-order valence-corrected chi connectivity index (χ2v) is 4.75. The first-order chi connectivity index (χ1) is 9.82. The molecule has 9 heteroatoms. The van der Waals surface area contributed by atoms with Crippen molar-refractivity contribution in [3.05, 3.63) is 39.4 Å². The number of nitro benzene ring substituents is 1. The Morgan fingerprint density at radius 2 is 2.05 bits per heavy atom. The number of hydrogen-bond acceptors (Lipinski definition) is 5. The van der Waals surface area contributed by atoms with Crippen molar-refractivity contribution in [3.63, 3.8) is 0 Å². The number of aliphatic hydroxyl groups excluding tert-OH is 1. The summed E-state index contributed by atoms with van der Waals surface area (Å²) in [6.07, 6.45) is -0.830. The van der Waals surface area contributed by atoms with Gasteiger partial charge in [0, 0.05) is 20.1 Å². The van der Waals surface area contributed by atoms with E-state index in [4.69, 9.17) is 0 Å². The summed E-state index contributed by atoms with van der Waals surface area (Å²) in [6, 6.07) is 0.283. The van der Waals surface area contributed by atoms with Crippen LogP contribution in [-0.2, 0) is 0 Å². The van der Waals surface area contributed by atoms with Crippen LogP contribution < -0.4 is 5.32 Å². The van der Waals surface area contributed by atoms with Gasteiger partial charge in [-0.25, -0.2) is 8.78 Å². The fourth-order valence-corrected chi connectivity index (χ4v) is 2.25. The maximum absolute atomic E-state index is 13.3. The van der Waals surface area contributed by atoms with Crippen molar-refractivity contribution in [2.75, 3.05) is 20.1 Å². The zero-order valence-electron chi connectivity index (χ0n) is 11.0. The molecule has 0 radical (unpaired) electrons. The molecule has 1 fully saturated rings. The Bertz CT molecular complexity index is 596. The molecule has 0 aromatic heterocycles. The molecule has 1 amide bonds. The van der Waals surface area contributed by atoms with E-state index in [0.717, 1.165) is 4.90 Å². The molecule has 21 heavy (non-hydrogen) atoms. The Labute approximate surface area is 118 Å². The van der Waals surface area contributed by atoms with Crippen molar-refractivity contribution in [2.24, 2.45) is 0 Å². The zero-order chi connectivity index (χ0) is 15.7. The molecule has 2 N–H and O–H groups in total. The second-order valence-electron chi connectivity index (χ2n) is 4.75. The Morgan fingerprint density at radius 3 is 2.57 bits per heavy atom. The van der Waals surface area contributed by atoms with Crippen LogP contribution in [0.2, 0.25) is 0 Å². The molecular weight excluding hydrogens is 288 g/mol. The summed E-state index contributed by atoms with van der Waals surface area (Å²) in [7, 11) is 1.34. The third-order valence-electron chi connectivity index (χ3n) is 3.43. The van der Waals surface area contributed by atoms with E-state index in [1.54, 1.807) is 0 Å². The molecule has 1 heterocycles. The lowest BCUT2D eigenvalue weighted by Crippen LogP contribution is -2.44. The van der Waals surface area contributed by atoms with Gasteiger partial charge in [-0.1, -0.05) is 0 Å². The predicted octanol–water partition coefficient (Wildman–Crippen LogP) is 0.278. The van der Waals surface area contributed by atoms with Gasteiger partial charge in [0.1, 0.15) is 5.56 Å². The minimum atomic E-state index is -1.40. The van der Waals surface area contributed by atoms with Crippen LogP contribution in [0.1, 0.15) is 10.4 Å². The number of nitrogens with one attached hydrogen (secondary N) is 1. The smallest absolute Gasteiger partial charge is 0.285 e. The van der Waals surface area contributed by atoms with Crippen LogP contribution in [0.25, 0.3) is 0 Å². The standard InChI is InChI=1S/C12H13F2N3O4/c1-16(10-4-15-5-11(10)18)12(19)6-2-7(13)8(14)3-9(6)17(20)21/h2-3,10-11,15,18H,4-5H2,1H3/t10-,11-/m1/s1. The van der Waals surface area contributed by atoms with E-state index in [-0.39, 0.29) is 6.54 Å². The van der Waals surface area contributed by atoms with Gasteiger partial charge < -0.3 is 15.3 Å². The molecule has 1 aromatic carbocycles. The fraction of sp³-hybridized carbons (Fsp3) is 0.417. The molecule has 1 aromatic rings. The average molecular weight is 301 g/mol. The van der Waals surface area contributed by atoms with Gasteiger partial charge in [0.05, 0.1) is 23.1 Å². The summed E-state index contributed by atoms with van der Waals surface area (Å²) < 4.78 is 26.4. The number of carbonyl (C=O) groups is 1. The zero-order valence-corrected chi connectivity index (χ0v) is 11.0. The van der Waals surface area contributed by atoms with E-state index in [0.29, 0.717) is 18.7 Å². The molecule has 1 aliphatic rings. The van der Waals surface area contributed by atoms with E-state index in [1.807, 2.05) is 0 Å². The largest absolute Gasteiger partial charge is 0.390 e.